The molecule has 1 fully saturated rings. The van der Waals surface area contributed by atoms with Gasteiger partial charge in [0.15, 0.2) is 0 Å². The SMILES string of the molecule is CC(CN)(NCc1ccccc1)C1CC1.Cl. The lowest BCUT2D eigenvalue weighted by Crippen LogP contribution is -2.50. The molecular formula is C13H21ClN2. The van der Waals surface area contributed by atoms with E-state index < -0.39 is 0 Å². The molecule has 16 heavy (non-hydrogen) atoms. The highest BCUT2D eigenvalue weighted by Gasteiger charge is 2.39. The third-order valence-electron chi connectivity index (χ3n) is 3.44. The summed E-state index contributed by atoms with van der Waals surface area (Å²) >= 11 is 0. The smallest absolute Gasteiger partial charge is 0.0306 e. The number of halogens is 1. The van der Waals surface area contributed by atoms with Gasteiger partial charge in [-0.25, -0.2) is 0 Å². The zero-order chi connectivity index (χ0) is 10.7. The van der Waals surface area contributed by atoms with Gasteiger partial charge >= 0.3 is 0 Å². The lowest BCUT2D eigenvalue weighted by atomic mass is 9.95. The molecule has 1 saturated carbocycles. The molecule has 90 valence electrons. The maximum atomic E-state index is 5.85. The first kappa shape index (κ1) is 13.5. The molecule has 3 N–H and O–H groups in total. The molecule has 0 amide bonds. The third-order valence-corrected chi connectivity index (χ3v) is 3.44. The van der Waals surface area contributed by atoms with Gasteiger partial charge in [-0.1, -0.05) is 30.3 Å². The molecule has 0 bridgehead atoms. The quantitative estimate of drug-likeness (QED) is 0.829. The van der Waals surface area contributed by atoms with Crippen molar-refractivity contribution in [3.8, 4) is 0 Å². The van der Waals surface area contributed by atoms with Gasteiger partial charge in [-0.2, -0.15) is 0 Å². The standard InChI is InChI=1S/C13H20N2.ClH/c1-13(10-14,12-7-8-12)15-9-11-5-3-2-4-6-11;/h2-6,12,15H,7-10,14H2,1H3;1H. The van der Waals surface area contributed by atoms with Gasteiger partial charge in [-0.15, -0.1) is 12.4 Å². The molecule has 0 radical (unpaired) electrons. The highest BCUT2D eigenvalue weighted by Crippen LogP contribution is 2.39. The summed E-state index contributed by atoms with van der Waals surface area (Å²) in [7, 11) is 0. The molecule has 0 aliphatic heterocycles. The minimum absolute atomic E-state index is 0. The predicted molar refractivity (Wildman–Crippen MR) is 70.7 cm³/mol. The molecule has 0 saturated heterocycles. The molecule has 2 nitrogen and oxygen atoms in total. The summed E-state index contributed by atoms with van der Waals surface area (Å²) in [6, 6.07) is 10.5. The Hall–Kier alpha value is -0.570. The Morgan fingerprint density at radius 1 is 1.31 bits per heavy atom. The Balaban J connectivity index is 0.00000128. The summed E-state index contributed by atoms with van der Waals surface area (Å²) < 4.78 is 0. The Bertz CT molecular complexity index is 311. The van der Waals surface area contributed by atoms with Crippen LogP contribution in [0.4, 0.5) is 0 Å². The van der Waals surface area contributed by atoms with E-state index in [1.54, 1.807) is 0 Å². The summed E-state index contributed by atoms with van der Waals surface area (Å²) in [6.45, 7) is 3.89. The molecule has 0 aromatic heterocycles. The largest absolute Gasteiger partial charge is 0.329 e. The summed E-state index contributed by atoms with van der Waals surface area (Å²) in [5.74, 6) is 0.784. The molecular weight excluding hydrogens is 220 g/mol. The second-order valence-electron chi connectivity index (χ2n) is 4.74. The van der Waals surface area contributed by atoms with Crippen molar-refractivity contribution in [3.05, 3.63) is 35.9 Å². The van der Waals surface area contributed by atoms with Crippen LogP contribution in [0.1, 0.15) is 25.3 Å². The van der Waals surface area contributed by atoms with E-state index in [0.717, 1.165) is 19.0 Å². The van der Waals surface area contributed by atoms with Crippen molar-refractivity contribution in [2.75, 3.05) is 6.54 Å². The second kappa shape index (κ2) is 5.67. The monoisotopic (exact) mass is 240 g/mol. The zero-order valence-electron chi connectivity index (χ0n) is 9.78. The lowest BCUT2D eigenvalue weighted by Gasteiger charge is -2.29. The summed E-state index contributed by atoms with van der Waals surface area (Å²) in [5, 5.41) is 3.60. The van der Waals surface area contributed by atoms with E-state index in [9.17, 15) is 0 Å². The fourth-order valence-electron chi connectivity index (χ4n) is 2.00. The number of nitrogens with one attached hydrogen (secondary N) is 1. The van der Waals surface area contributed by atoms with Crippen molar-refractivity contribution in [2.45, 2.75) is 31.8 Å². The minimum atomic E-state index is 0. The number of nitrogens with two attached hydrogens (primary N) is 1. The van der Waals surface area contributed by atoms with Gasteiger partial charge in [0.25, 0.3) is 0 Å². The van der Waals surface area contributed by atoms with Crippen LogP contribution >= 0.6 is 12.4 Å². The van der Waals surface area contributed by atoms with Crippen LogP contribution in [0.15, 0.2) is 30.3 Å². The lowest BCUT2D eigenvalue weighted by molar-refractivity contribution is 0.317. The Morgan fingerprint density at radius 3 is 2.44 bits per heavy atom. The highest BCUT2D eigenvalue weighted by atomic mass is 35.5. The van der Waals surface area contributed by atoms with Crippen LogP contribution < -0.4 is 11.1 Å². The number of rotatable bonds is 5. The number of hydrogen-bond acceptors (Lipinski definition) is 2. The summed E-state index contributed by atoms with van der Waals surface area (Å²) in [4.78, 5) is 0. The molecule has 1 aliphatic carbocycles. The molecule has 1 aliphatic rings. The Labute approximate surface area is 104 Å². The molecule has 1 atom stereocenters. The first-order valence-corrected chi connectivity index (χ1v) is 5.73. The molecule has 2 rings (SSSR count). The van der Waals surface area contributed by atoms with Crippen LogP contribution in [-0.2, 0) is 6.54 Å². The van der Waals surface area contributed by atoms with Gasteiger partial charge in [0, 0.05) is 18.6 Å². The van der Waals surface area contributed by atoms with Crippen molar-refractivity contribution in [3.63, 3.8) is 0 Å². The van der Waals surface area contributed by atoms with Gasteiger partial charge in [0.05, 0.1) is 0 Å². The van der Waals surface area contributed by atoms with Gasteiger partial charge in [0.2, 0.25) is 0 Å². The summed E-state index contributed by atoms with van der Waals surface area (Å²) in [6.07, 6.45) is 2.66. The average molecular weight is 241 g/mol. The van der Waals surface area contributed by atoms with Crippen molar-refractivity contribution in [1.29, 1.82) is 0 Å². The Morgan fingerprint density at radius 2 is 1.94 bits per heavy atom. The van der Waals surface area contributed by atoms with Gasteiger partial charge < -0.3 is 11.1 Å². The fraction of sp³-hybridized carbons (Fsp3) is 0.538. The minimum Gasteiger partial charge on any atom is -0.329 e. The molecule has 3 heteroatoms. The Kier molecular flexibility index (Phi) is 4.78. The average Bonchev–Trinajstić information content (AvgIpc) is 3.11. The normalized spacial score (nSPS) is 18.6. The zero-order valence-corrected chi connectivity index (χ0v) is 10.6. The number of hydrogen-bond donors (Lipinski definition) is 2. The van der Waals surface area contributed by atoms with Crippen LogP contribution in [0.3, 0.4) is 0 Å². The number of benzene rings is 1. The van der Waals surface area contributed by atoms with Crippen molar-refractivity contribution in [1.82, 2.24) is 5.32 Å². The molecule has 0 heterocycles. The van der Waals surface area contributed by atoms with E-state index in [0.29, 0.717) is 0 Å². The van der Waals surface area contributed by atoms with E-state index in [1.807, 2.05) is 6.07 Å². The van der Waals surface area contributed by atoms with E-state index in [4.69, 9.17) is 5.73 Å². The maximum Gasteiger partial charge on any atom is 0.0306 e. The van der Waals surface area contributed by atoms with Gasteiger partial charge in [-0.3, -0.25) is 0 Å². The first-order valence-electron chi connectivity index (χ1n) is 5.73. The van der Waals surface area contributed by atoms with Gasteiger partial charge in [0.1, 0.15) is 0 Å². The van der Waals surface area contributed by atoms with Crippen LogP contribution in [0, 0.1) is 5.92 Å². The van der Waals surface area contributed by atoms with E-state index in [1.165, 1.54) is 18.4 Å². The molecule has 1 aromatic rings. The molecule has 1 aromatic carbocycles. The second-order valence-corrected chi connectivity index (χ2v) is 4.74. The van der Waals surface area contributed by atoms with Crippen LogP contribution in [0.5, 0.6) is 0 Å². The topological polar surface area (TPSA) is 38.0 Å². The van der Waals surface area contributed by atoms with Crippen molar-refractivity contribution < 1.29 is 0 Å². The van der Waals surface area contributed by atoms with Crippen LogP contribution in [-0.4, -0.2) is 12.1 Å². The van der Waals surface area contributed by atoms with Crippen LogP contribution in [0.25, 0.3) is 0 Å². The van der Waals surface area contributed by atoms with E-state index >= 15 is 0 Å². The van der Waals surface area contributed by atoms with Crippen LogP contribution in [0.2, 0.25) is 0 Å². The highest BCUT2D eigenvalue weighted by molar-refractivity contribution is 5.85. The fourth-order valence-corrected chi connectivity index (χ4v) is 2.00. The first-order chi connectivity index (χ1) is 7.24. The molecule has 1 unspecified atom stereocenters. The predicted octanol–water partition coefficient (Wildman–Crippen LogP) is 2.33. The van der Waals surface area contributed by atoms with Crippen molar-refractivity contribution in [2.24, 2.45) is 11.7 Å². The third kappa shape index (κ3) is 3.21. The van der Waals surface area contributed by atoms with E-state index in [2.05, 4.69) is 36.5 Å². The maximum absolute atomic E-state index is 5.85. The van der Waals surface area contributed by atoms with Gasteiger partial charge in [-0.05, 0) is 31.2 Å². The summed E-state index contributed by atoms with van der Waals surface area (Å²) in [5.41, 5.74) is 7.32. The van der Waals surface area contributed by atoms with Crippen molar-refractivity contribution >= 4 is 12.4 Å². The molecule has 0 spiro atoms. The van der Waals surface area contributed by atoms with E-state index in [-0.39, 0.29) is 17.9 Å².